The van der Waals surface area contributed by atoms with Crippen molar-refractivity contribution in [3.05, 3.63) is 99.2 Å². The molecule has 0 N–H and O–H groups in total. The molecule has 3 aromatic carbocycles. The van der Waals surface area contributed by atoms with Crippen LogP contribution in [0, 0.1) is 5.82 Å². The van der Waals surface area contributed by atoms with Gasteiger partial charge in [-0.15, -0.1) is 0 Å². The standard InChI is InChI=1S/C27H21ClFNO5S/c1-2-34-24-13-18(5-12-23(24)35-16-17-3-10-21(29)11-4-17)14-25-26(32)30(27(33)36-25)15-22(31)19-6-8-20(28)9-7-19/h3-14H,2,15-16H2,1H3/b25-14-. The van der Waals surface area contributed by atoms with Crippen molar-refractivity contribution in [2.45, 2.75) is 13.5 Å². The summed E-state index contributed by atoms with van der Waals surface area (Å²) >= 11 is 6.62. The Balaban J connectivity index is 1.48. The molecule has 0 saturated carbocycles. The van der Waals surface area contributed by atoms with Gasteiger partial charge in [0.2, 0.25) is 0 Å². The van der Waals surface area contributed by atoms with Gasteiger partial charge in [0.05, 0.1) is 18.1 Å². The van der Waals surface area contributed by atoms with E-state index in [0.29, 0.717) is 34.3 Å². The van der Waals surface area contributed by atoms with Crippen LogP contribution in [0.15, 0.2) is 71.6 Å². The molecule has 2 amide bonds. The molecule has 0 aliphatic carbocycles. The molecule has 1 aliphatic heterocycles. The maximum atomic E-state index is 13.1. The van der Waals surface area contributed by atoms with Gasteiger partial charge in [0.25, 0.3) is 11.1 Å². The van der Waals surface area contributed by atoms with Gasteiger partial charge in [0.1, 0.15) is 12.4 Å². The Bertz CT molecular complexity index is 1320. The maximum Gasteiger partial charge on any atom is 0.293 e. The van der Waals surface area contributed by atoms with E-state index in [1.54, 1.807) is 60.7 Å². The lowest BCUT2D eigenvalue weighted by Crippen LogP contribution is -2.33. The highest BCUT2D eigenvalue weighted by Gasteiger charge is 2.36. The van der Waals surface area contributed by atoms with Gasteiger partial charge < -0.3 is 9.47 Å². The van der Waals surface area contributed by atoms with Crippen molar-refractivity contribution in [1.82, 2.24) is 4.90 Å². The van der Waals surface area contributed by atoms with E-state index in [0.717, 1.165) is 22.2 Å². The molecular weight excluding hydrogens is 505 g/mol. The van der Waals surface area contributed by atoms with E-state index in [-0.39, 0.29) is 29.7 Å². The summed E-state index contributed by atoms with van der Waals surface area (Å²) in [6.07, 6.45) is 1.57. The summed E-state index contributed by atoms with van der Waals surface area (Å²) in [5.41, 5.74) is 1.78. The molecule has 6 nitrogen and oxygen atoms in total. The highest BCUT2D eigenvalue weighted by molar-refractivity contribution is 8.18. The molecule has 1 heterocycles. The van der Waals surface area contributed by atoms with Gasteiger partial charge in [-0.2, -0.15) is 0 Å². The van der Waals surface area contributed by atoms with Gasteiger partial charge in [-0.25, -0.2) is 4.39 Å². The van der Waals surface area contributed by atoms with Crippen molar-refractivity contribution in [3.63, 3.8) is 0 Å². The van der Waals surface area contributed by atoms with Crippen LogP contribution in [-0.4, -0.2) is 35.0 Å². The SMILES string of the molecule is CCOc1cc(/C=C2\SC(=O)N(CC(=O)c3ccc(Cl)cc3)C2=O)ccc1OCc1ccc(F)cc1. The fraction of sp³-hybridized carbons (Fsp3) is 0.148. The summed E-state index contributed by atoms with van der Waals surface area (Å²) in [7, 11) is 0. The second kappa shape index (κ2) is 11.4. The maximum absolute atomic E-state index is 13.1. The molecule has 4 rings (SSSR count). The Morgan fingerprint density at radius 3 is 2.42 bits per heavy atom. The van der Waals surface area contributed by atoms with E-state index in [4.69, 9.17) is 21.1 Å². The molecule has 0 atom stereocenters. The first-order valence-electron chi connectivity index (χ1n) is 11.0. The van der Waals surface area contributed by atoms with Crippen molar-refractivity contribution < 1.29 is 28.2 Å². The Hall–Kier alpha value is -3.62. The second-order valence-electron chi connectivity index (χ2n) is 7.75. The minimum atomic E-state index is -0.540. The summed E-state index contributed by atoms with van der Waals surface area (Å²) in [6.45, 7) is 2.09. The first kappa shape index (κ1) is 25.5. The van der Waals surface area contributed by atoms with Crippen LogP contribution in [0.1, 0.15) is 28.4 Å². The number of amides is 2. The average Bonchev–Trinajstić information content (AvgIpc) is 3.12. The molecule has 36 heavy (non-hydrogen) atoms. The van der Waals surface area contributed by atoms with Gasteiger partial charge in [-0.3, -0.25) is 19.3 Å². The summed E-state index contributed by atoms with van der Waals surface area (Å²) in [5, 5.41) is -0.0307. The van der Waals surface area contributed by atoms with Crippen molar-refractivity contribution in [2.24, 2.45) is 0 Å². The number of ketones is 1. The Kier molecular flexibility index (Phi) is 8.07. The number of hydrogen-bond donors (Lipinski definition) is 0. The quantitative estimate of drug-likeness (QED) is 0.238. The molecule has 1 fully saturated rings. The van der Waals surface area contributed by atoms with E-state index in [1.165, 1.54) is 12.1 Å². The molecule has 0 radical (unpaired) electrons. The van der Waals surface area contributed by atoms with Crippen LogP contribution < -0.4 is 9.47 Å². The predicted octanol–water partition coefficient (Wildman–Crippen LogP) is 6.38. The number of ether oxygens (including phenoxy) is 2. The molecule has 1 saturated heterocycles. The van der Waals surface area contributed by atoms with E-state index < -0.39 is 11.1 Å². The fourth-order valence-electron chi connectivity index (χ4n) is 3.40. The largest absolute Gasteiger partial charge is 0.490 e. The van der Waals surface area contributed by atoms with Crippen LogP contribution in [0.5, 0.6) is 11.5 Å². The number of rotatable bonds is 9. The third-order valence-corrected chi connectivity index (χ3v) is 6.37. The highest BCUT2D eigenvalue weighted by atomic mass is 35.5. The first-order chi connectivity index (χ1) is 17.3. The van der Waals surface area contributed by atoms with Crippen molar-refractivity contribution in [1.29, 1.82) is 0 Å². The zero-order chi connectivity index (χ0) is 25.7. The summed E-state index contributed by atoms with van der Waals surface area (Å²) in [4.78, 5) is 39.0. The zero-order valence-electron chi connectivity index (χ0n) is 19.2. The van der Waals surface area contributed by atoms with Crippen LogP contribution in [0.25, 0.3) is 6.08 Å². The number of imide groups is 1. The van der Waals surface area contributed by atoms with Crippen LogP contribution in [0.2, 0.25) is 5.02 Å². The van der Waals surface area contributed by atoms with Crippen LogP contribution >= 0.6 is 23.4 Å². The lowest BCUT2D eigenvalue weighted by molar-refractivity contribution is -0.122. The molecule has 0 aromatic heterocycles. The molecule has 0 spiro atoms. The predicted molar refractivity (Wildman–Crippen MR) is 137 cm³/mol. The Labute approximate surface area is 216 Å². The molecule has 1 aliphatic rings. The number of thioether (sulfide) groups is 1. The minimum absolute atomic E-state index is 0.200. The van der Waals surface area contributed by atoms with Gasteiger partial charge in [-0.05, 0) is 84.4 Å². The Morgan fingerprint density at radius 1 is 1.00 bits per heavy atom. The van der Waals surface area contributed by atoms with Crippen molar-refractivity contribution in [3.8, 4) is 11.5 Å². The van der Waals surface area contributed by atoms with E-state index in [2.05, 4.69) is 0 Å². The third-order valence-electron chi connectivity index (χ3n) is 5.21. The number of carbonyl (C=O) groups is 3. The highest BCUT2D eigenvalue weighted by Crippen LogP contribution is 2.35. The smallest absolute Gasteiger partial charge is 0.293 e. The van der Waals surface area contributed by atoms with Gasteiger partial charge in [0, 0.05) is 10.6 Å². The van der Waals surface area contributed by atoms with Crippen molar-refractivity contribution in [2.75, 3.05) is 13.2 Å². The second-order valence-corrected chi connectivity index (χ2v) is 9.18. The number of halogens is 2. The summed E-state index contributed by atoms with van der Waals surface area (Å²) in [5.74, 6) is -0.277. The molecule has 3 aromatic rings. The molecule has 184 valence electrons. The number of nitrogens with zero attached hydrogens (tertiary/aromatic N) is 1. The fourth-order valence-corrected chi connectivity index (χ4v) is 4.37. The lowest BCUT2D eigenvalue weighted by atomic mass is 10.1. The molecule has 0 bridgehead atoms. The topological polar surface area (TPSA) is 72.9 Å². The molecular formula is C27H21ClFNO5S. The summed E-state index contributed by atoms with van der Waals surface area (Å²) < 4.78 is 24.6. The normalized spacial score (nSPS) is 14.4. The lowest BCUT2D eigenvalue weighted by Gasteiger charge is -2.13. The van der Waals surface area contributed by atoms with Crippen LogP contribution in [-0.2, 0) is 11.4 Å². The number of Topliss-reactive ketones (excluding diaryl/α,β-unsaturated/α-hetero) is 1. The minimum Gasteiger partial charge on any atom is -0.490 e. The van der Waals surface area contributed by atoms with Gasteiger partial charge >= 0.3 is 0 Å². The zero-order valence-corrected chi connectivity index (χ0v) is 20.8. The van der Waals surface area contributed by atoms with E-state index in [1.807, 2.05) is 6.92 Å². The van der Waals surface area contributed by atoms with Crippen LogP contribution in [0.3, 0.4) is 0 Å². The number of benzene rings is 3. The van der Waals surface area contributed by atoms with Gasteiger partial charge in [0.15, 0.2) is 17.3 Å². The number of carbonyl (C=O) groups excluding carboxylic acids is 3. The first-order valence-corrected chi connectivity index (χ1v) is 12.2. The molecule has 9 heteroatoms. The molecule has 0 unspecified atom stereocenters. The van der Waals surface area contributed by atoms with Gasteiger partial charge in [-0.1, -0.05) is 29.8 Å². The van der Waals surface area contributed by atoms with E-state index >= 15 is 0 Å². The van der Waals surface area contributed by atoms with Crippen molar-refractivity contribution >= 4 is 46.4 Å². The van der Waals surface area contributed by atoms with E-state index in [9.17, 15) is 18.8 Å². The van der Waals surface area contributed by atoms with Crippen LogP contribution in [0.4, 0.5) is 9.18 Å². The Morgan fingerprint density at radius 2 is 1.72 bits per heavy atom. The third kappa shape index (κ3) is 6.13. The number of hydrogen-bond acceptors (Lipinski definition) is 6. The average molecular weight is 526 g/mol. The summed E-state index contributed by atoms with van der Waals surface area (Å²) in [6, 6.07) is 17.4. The monoisotopic (exact) mass is 525 g/mol.